The minimum Gasteiger partial charge on any atom is -0.461 e. The largest absolute Gasteiger partial charge is 0.461 e. The van der Waals surface area contributed by atoms with Gasteiger partial charge in [-0.15, -0.1) is 0 Å². The van der Waals surface area contributed by atoms with Crippen molar-refractivity contribution in [3.63, 3.8) is 0 Å². The highest BCUT2D eigenvalue weighted by Crippen LogP contribution is 2.32. The second-order valence-corrected chi connectivity index (χ2v) is 9.81. The zero-order valence-electron chi connectivity index (χ0n) is 22.2. The molecule has 0 spiro atoms. The number of unbranched alkanes of at least 4 members (excludes halogenated alkanes) is 12. The molecule has 196 valence electrons. The lowest BCUT2D eigenvalue weighted by Crippen LogP contribution is -2.35. The summed E-state index contributed by atoms with van der Waals surface area (Å²) in [6, 6.07) is 0. The van der Waals surface area contributed by atoms with Gasteiger partial charge in [-0.1, -0.05) is 115 Å². The Morgan fingerprint density at radius 2 is 0.971 bits per heavy atom. The Bertz CT molecular complexity index is 516. The standard InChI is InChI=1S/C30H52O4/c1-3-5-7-9-11-13-15-17-21-25-33-29(31)27-23-19-20-24-28(27)30(32)34-26-22-18-16-14-12-10-8-6-4-2/h17-18,21-22,27-28H,3-16,19-20,23-26H2,1-2H3. The molecule has 1 aliphatic rings. The van der Waals surface area contributed by atoms with Gasteiger partial charge >= 0.3 is 11.9 Å². The molecular weight excluding hydrogens is 424 g/mol. The topological polar surface area (TPSA) is 52.6 Å². The summed E-state index contributed by atoms with van der Waals surface area (Å²) in [5, 5.41) is 0. The van der Waals surface area contributed by atoms with Crippen LogP contribution in [0.4, 0.5) is 0 Å². The van der Waals surface area contributed by atoms with Gasteiger partial charge in [0.05, 0.1) is 11.8 Å². The van der Waals surface area contributed by atoms with Crippen LogP contribution in [0.2, 0.25) is 0 Å². The van der Waals surface area contributed by atoms with Gasteiger partial charge in [0.1, 0.15) is 13.2 Å². The van der Waals surface area contributed by atoms with Crippen molar-refractivity contribution in [2.45, 2.75) is 129 Å². The van der Waals surface area contributed by atoms with Crippen LogP contribution in [0.25, 0.3) is 0 Å². The maximum absolute atomic E-state index is 12.6. The van der Waals surface area contributed by atoms with E-state index in [1.165, 1.54) is 77.0 Å². The van der Waals surface area contributed by atoms with Crippen molar-refractivity contribution in [1.29, 1.82) is 0 Å². The van der Waals surface area contributed by atoms with Gasteiger partial charge in [-0.25, -0.2) is 0 Å². The minimum atomic E-state index is -0.361. The maximum atomic E-state index is 12.6. The molecule has 0 radical (unpaired) electrons. The van der Waals surface area contributed by atoms with Gasteiger partial charge in [-0.2, -0.15) is 0 Å². The van der Waals surface area contributed by atoms with E-state index in [1.54, 1.807) is 0 Å². The molecule has 0 saturated heterocycles. The fourth-order valence-electron chi connectivity index (χ4n) is 4.63. The highest BCUT2D eigenvalue weighted by atomic mass is 16.5. The molecule has 0 heterocycles. The maximum Gasteiger partial charge on any atom is 0.310 e. The number of carbonyl (C=O) groups excluding carboxylic acids is 2. The number of hydrogen-bond acceptors (Lipinski definition) is 4. The first-order valence-electron chi connectivity index (χ1n) is 14.3. The van der Waals surface area contributed by atoms with E-state index in [4.69, 9.17) is 9.47 Å². The zero-order valence-corrected chi connectivity index (χ0v) is 22.2. The predicted octanol–water partition coefficient (Wildman–Crippen LogP) is 8.49. The molecule has 1 rings (SSSR count). The summed E-state index contributed by atoms with van der Waals surface area (Å²) < 4.78 is 11.0. The lowest BCUT2D eigenvalue weighted by Gasteiger charge is -2.28. The average Bonchev–Trinajstić information content (AvgIpc) is 2.86. The average molecular weight is 477 g/mol. The van der Waals surface area contributed by atoms with Crippen LogP contribution in [-0.4, -0.2) is 25.2 Å². The number of esters is 2. The molecule has 0 aromatic rings. The normalized spacial score (nSPS) is 18.5. The molecule has 4 heteroatoms. The van der Waals surface area contributed by atoms with E-state index < -0.39 is 0 Å². The second kappa shape index (κ2) is 21.9. The molecule has 0 amide bonds. The van der Waals surface area contributed by atoms with Crippen LogP contribution in [-0.2, 0) is 19.1 Å². The van der Waals surface area contributed by atoms with E-state index in [1.807, 2.05) is 12.2 Å². The summed E-state index contributed by atoms with van der Waals surface area (Å²) >= 11 is 0. The summed E-state index contributed by atoms with van der Waals surface area (Å²) in [6.07, 6.45) is 29.0. The highest BCUT2D eigenvalue weighted by Gasteiger charge is 2.37. The summed E-state index contributed by atoms with van der Waals surface area (Å²) in [4.78, 5) is 25.2. The van der Waals surface area contributed by atoms with Crippen LogP contribution >= 0.6 is 0 Å². The first kappa shape index (κ1) is 30.5. The zero-order chi connectivity index (χ0) is 24.7. The van der Waals surface area contributed by atoms with Crippen molar-refractivity contribution >= 4 is 11.9 Å². The summed E-state index contributed by atoms with van der Waals surface area (Å²) in [6.45, 7) is 5.07. The molecule has 34 heavy (non-hydrogen) atoms. The second-order valence-electron chi connectivity index (χ2n) is 9.81. The van der Waals surface area contributed by atoms with Crippen LogP contribution < -0.4 is 0 Å². The predicted molar refractivity (Wildman–Crippen MR) is 142 cm³/mol. The fraction of sp³-hybridized carbons (Fsp3) is 0.800. The Morgan fingerprint density at radius 1 is 0.588 bits per heavy atom. The number of ether oxygens (including phenoxy) is 2. The third-order valence-electron chi connectivity index (χ3n) is 6.80. The lowest BCUT2D eigenvalue weighted by atomic mass is 9.79. The SMILES string of the molecule is CCCCCCCCC=CCOC(=O)C1CCCCC1C(=O)OCC=CCCCCCCCC. The number of carbonyl (C=O) groups is 2. The van der Waals surface area contributed by atoms with Crippen molar-refractivity contribution in [3.8, 4) is 0 Å². The van der Waals surface area contributed by atoms with Gasteiger partial charge in [0.2, 0.25) is 0 Å². The first-order chi connectivity index (χ1) is 16.7. The van der Waals surface area contributed by atoms with E-state index >= 15 is 0 Å². The minimum absolute atomic E-state index is 0.246. The summed E-state index contributed by atoms with van der Waals surface area (Å²) in [5.74, 6) is -1.21. The quantitative estimate of drug-likeness (QED) is 0.100. The molecule has 0 N–H and O–H groups in total. The van der Waals surface area contributed by atoms with Crippen molar-refractivity contribution in [3.05, 3.63) is 24.3 Å². The third kappa shape index (κ3) is 15.3. The molecule has 0 aliphatic heterocycles. The fourth-order valence-corrected chi connectivity index (χ4v) is 4.63. The molecule has 0 aromatic heterocycles. The van der Waals surface area contributed by atoms with Crippen molar-refractivity contribution in [2.75, 3.05) is 13.2 Å². The molecule has 0 aromatic carbocycles. The number of rotatable bonds is 20. The lowest BCUT2D eigenvalue weighted by molar-refractivity contribution is -0.161. The Hall–Kier alpha value is -1.58. The molecule has 1 saturated carbocycles. The summed E-state index contributed by atoms with van der Waals surface area (Å²) in [5.41, 5.74) is 0. The van der Waals surface area contributed by atoms with Gasteiger partial charge in [0.15, 0.2) is 0 Å². The van der Waals surface area contributed by atoms with Crippen LogP contribution in [0, 0.1) is 11.8 Å². The van der Waals surface area contributed by atoms with E-state index in [0.717, 1.165) is 25.7 Å². The van der Waals surface area contributed by atoms with Gasteiger partial charge in [-0.05, 0) is 38.5 Å². The van der Waals surface area contributed by atoms with Crippen LogP contribution in [0.3, 0.4) is 0 Å². The molecule has 1 fully saturated rings. The molecule has 4 nitrogen and oxygen atoms in total. The smallest absolute Gasteiger partial charge is 0.310 e. The Labute approximate surface area is 209 Å². The molecule has 2 unspecified atom stereocenters. The number of hydrogen-bond donors (Lipinski definition) is 0. The molecule has 1 aliphatic carbocycles. The molecular formula is C30H52O4. The van der Waals surface area contributed by atoms with Gasteiger partial charge in [0, 0.05) is 0 Å². The van der Waals surface area contributed by atoms with Crippen LogP contribution in [0.1, 0.15) is 129 Å². The Morgan fingerprint density at radius 3 is 1.38 bits per heavy atom. The van der Waals surface area contributed by atoms with Gasteiger partial charge in [0.25, 0.3) is 0 Å². The van der Waals surface area contributed by atoms with Crippen LogP contribution in [0.15, 0.2) is 24.3 Å². The summed E-state index contributed by atoms with van der Waals surface area (Å²) in [7, 11) is 0. The Balaban J connectivity index is 2.21. The number of allylic oxidation sites excluding steroid dienone is 2. The molecule has 2 atom stereocenters. The van der Waals surface area contributed by atoms with Crippen molar-refractivity contribution in [2.24, 2.45) is 11.8 Å². The Kier molecular flexibility index (Phi) is 19.6. The van der Waals surface area contributed by atoms with E-state index in [9.17, 15) is 9.59 Å². The van der Waals surface area contributed by atoms with Crippen LogP contribution in [0.5, 0.6) is 0 Å². The highest BCUT2D eigenvalue weighted by molar-refractivity contribution is 5.82. The van der Waals surface area contributed by atoms with Crippen molar-refractivity contribution < 1.29 is 19.1 Å². The monoisotopic (exact) mass is 476 g/mol. The first-order valence-corrected chi connectivity index (χ1v) is 14.3. The van der Waals surface area contributed by atoms with Gasteiger partial charge in [-0.3, -0.25) is 9.59 Å². The van der Waals surface area contributed by atoms with Gasteiger partial charge < -0.3 is 9.47 Å². The van der Waals surface area contributed by atoms with Crippen molar-refractivity contribution in [1.82, 2.24) is 0 Å². The molecule has 0 bridgehead atoms. The third-order valence-corrected chi connectivity index (χ3v) is 6.80. The van der Waals surface area contributed by atoms with E-state index in [0.29, 0.717) is 26.1 Å². The van der Waals surface area contributed by atoms with E-state index in [-0.39, 0.29) is 23.8 Å². The van der Waals surface area contributed by atoms with E-state index in [2.05, 4.69) is 26.0 Å².